The molecule has 0 spiro atoms. The Hall–Kier alpha value is -2.26. The molecule has 0 amide bonds. The van der Waals surface area contributed by atoms with Crippen LogP contribution in [-0.2, 0) is 6.54 Å². The highest BCUT2D eigenvalue weighted by Gasteiger charge is 1.96. The van der Waals surface area contributed by atoms with Gasteiger partial charge in [0.1, 0.15) is 5.58 Å². The average Bonchev–Trinajstić information content (AvgIpc) is 2.80. The Balaban J connectivity index is 0.000000138. The SMILES string of the molecule is NCc1ccccc1.Nc1cc2ccccc2o1. The molecule has 0 saturated carbocycles. The molecule has 0 aliphatic rings. The number of benzene rings is 2. The maximum Gasteiger partial charge on any atom is 0.191 e. The molecule has 0 aliphatic carbocycles. The molecule has 2 aromatic carbocycles. The van der Waals surface area contributed by atoms with Crippen LogP contribution in [0.25, 0.3) is 11.0 Å². The molecular formula is C15H16N2O. The lowest BCUT2D eigenvalue weighted by Crippen LogP contribution is -1.94. The van der Waals surface area contributed by atoms with Crippen molar-refractivity contribution in [3.8, 4) is 0 Å². The Kier molecular flexibility index (Phi) is 3.99. The lowest BCUT2D eigenvalue weighted by atomic mass is 10.2. The summed E-state index contributed by atoms with van der Waals surface area (Å²) in [7, 11) is 0. The van der Waals surface area contributed by atoms with Crippen LogP contribution >= 0.6 is 0 Å². The molecule has 3 rings (SSSR count). The maximum atomic E-state index is 5.42. The highest BCUT2D eigenvalue weighted by atomic mass is 16.3. The predicted molar refractivity (Wildman–Crippen MR) is 75.0 cm³/mol. The summed E-state index contributed by atoms with van der Waals surface area (Å²) in [5, 5.41) is 1.06. The molecule has 0 fully saturated rings. The first-order valence-corrected chi connectivity index (χ1v) is 5.77. The normalized spacial score (nSPS) is 9.83. The van der Waals surface area contributed by atoms with E-state index in [4.69, 9.17) is 15.9 Å². The molecule has 0 atom stereocenters. The van der Waals surface area contributed by atoms with Crippen LogP contribution in [0.5, 0.6) is 0 Å². The van der Waals surface area contributed by atoms with Crippen LogP contribution < -0.4 is 11.5 Å². The van der Waals surface area contributed by atoms with E-state index in [2.05, 4.69) is 0 Å². The molecule has 0 unspecified atom stereocenters. The second-order valence-electron chi connectivity index (χ2n) is 3.88. The summed E-state index contributed by atoms with van der Waals surface area (Å²) in [5.41, 5.74) is 12.8. The van der Waals surface area contributed by atoms with Gasteiger partial charge in [-0.1, -0.05) is 48.5 Å². The van der Waals surface area contributed by atoms with Gasteiger partial charge in [0.05, 0.1) is 0 Å². The van der Waals surface area contributed by atoms with Crippen LogP contribution in [0.2, 0.25) is 0 Å². The third-order valence-corrected chi connectivity index (χ3v) is 2.52. The van der Waals surface area contributed by atoms with E-state index < -0.39 is 0 Å². The van der Waals surface area contributed by atoms with Crippen molar-refractivity contribution >= 4 is 16.9 Å². The van der Waals surface area contributed by atoms with E-state index in [0.29, 0.717) is 12.4 Å². The van der Waals surface area contributed by atoms with Crippen molar-refractivity contribution in [2.45, 2.75) is 6.54 Å². The molecule has 18 heavy (non-hydrogen) atoms. The van der Waals surface area contributed by atoms with Gasteiger partial charge in [-0.3, -0.25) is 0 Å². The summed E-state index contributed by atoms with van der Waals surface area (Å²) in [4.78, 5) is 0. The van der Waals surface area contributed by atoms with Crippen LogP contribution in [0.1, 0.15) is 5.56 Å². The van der Waals surface area contributed by atoms with Gasteiger partial charge in [-0.2, -0.15) is 0 Å². The zero-order valence-corrected chi connectivity index (χ0v) is 10.0. The number of hydrogen-bond acceptors (Lipinski definition) is 3. The predicted octanol–water partition coefficient (Wildman–Crippen LogP) is 3.16. The van der Waals surface area contributed by atoms with E-state index in [9.17, 15) is 0 Å². The van der Waals surface area contributed by atoms with Crippen LogP contribution in [0.15, 0.2) is 65.1 Å². The zero-order valence-electron chi connectivity index (χ0n) is 10.0. The molecule has 3 aromatic rings. The fourth-order valence-electron chi connectivity index (χ4n) is 1.62. The van der Waals surface area contributed by atoms with E-state index in [1.54, 1.807) is 0 Å². The number of fused-ring (bicyclic) bond motifs is 1. The van der Waals surface area contributed by atoms with Gasteiger partial charge in [-0.15, -0.1) is 0 Å². The highest BCUT2D eigenvalue weighted by Crippen LogP contribution is 2.19. The Bertz CT molecular complexity index is 569. The number of para-hydroxylation sites is 1. The lowest BCUT2D eigenvalue weighted by Gasteiger charge is -1.90. The van der Waals surface area contributed by atoms with Crippen molar-refractivity contribution in [3.05, 3.63) is 66.2 Å². The third-order valence-electron chi connectivity index (χ3n) is 2.52. The summed E-state index contributed by atoms with van der Waals surface area (Å²) < 4.78 is 5.15. The monoisotopic (exact) mass is 240 g/mol. The fourth-order valence-corrected chi connectivity index (χ4v) is 1.62. The van der Waals surface area contributed by atoms with Crippen LogP contribution in [0, 0.1) is 0 Å². The summed E-state index contributed by atoms with van der Waals surface area (Å²) in [5.74, 6) is 0.473. The summed E-state index contributed by atoms with van der Waals surface area (Å²) >= 11 is 0. The molecule has 0 aliphatic heterocycles. The number of furan rings is 1. The smallest absolute Gasteiger partial charge is 0.191 e. The van der Waals surface area contributed by atoms with Gasteiger partial charge in [-0.25, -0.2) is 0 Å². The number of rotatable bonds is 1. The maximum absolute atomic E-state index is 5.42. The topological polar surface area (TPSA) is 65.2 Å². The van der Waals surface area contributed by atoms with Gasteiger partial charge in [-0.05, 0) is 11.6 Å². The van der Waals surface area contributed by atoms with Crippen molar-refractivity contribution in [2.24, 2.45) is 5.73 Å². The molecular weight excluding hydrogens is 224 g/mol. The number of nitrogens with two attached hydrogens (primary N) is 2. The molecule has 92 valence electrons. The van der Waals surface area contributed by atoms with Gasteiger partial charge in [0.15, 0.2) is 5.88 Å². The van der Waals surface area contributed by atoms with Gasteiger partial charge in [0, 0.05) is 18.0 Å². The molecule has 0 saturated heterocycles. The zero-order chi connectivity index (χ0) is 12.8. The van der Waals surface area contributed by atoms with Crippen molar-refractivity contribution in [1.29, 1.82) is 0 Å². The van der Waals surface area contributed by atoms with Gasteiger partial charge in [0.25, 0.3) is 0 Å². The summed E-state index contributed by atoms with van der Waals surface area (Å²) in [6.07, 6.45) is 0. The van der Waals surface area contributed by atoms with Crippen LogP contribution in [0.3, 0.4) is 0 Å². The number of hydrogen-bond donors (Lipinski definition) is 2. The van der Waals surface area contributed by atoms with E-state index in [0.717, 1.165) is 11.0 Å². The highest BCUT2D eigenvalue weighted by molar-refractivity contribution is 5.80. The van der Waals surface area contributed by atoms with E-state index in [1.807, 2.05) is 60.7 Å². The van der Waals surface area contributed by atoms with Gasteiger partial charge >= 0.3 is 0 Å². The van der Waals surface area contributed by atoms with Crippen molar-refractivity contribution in [2.75, 3.05) is 5.73 Å². The minimum absolute atomic E-state index is 0.473. The van der Waals surface area contributed by atoms with Crippen LogP contribution in [-0.4, -0.2) is 0 Å². The first-order valence-electron chi connectivity index (χ1n) is 5.77. The first kappa shape index (κ1) is 12.2. The van der Waals surface area contributed by atoms with E-state index in [1.165, 1.54) is 5.56 Å². The Morgan fingerprint density at radius 2 is 1.56 bits per heavy atom. The van der Waals surface area contributed by atoms with E-state index >= 15 is 0 Å². The van der Waals surface area contributed by atoms with E-state index in [-0.39, 0.29) is 0 Å². The second kappa shape index (κ2) is 5.89. The average molecular weight is 240 g/mol. The summed E-state index contributed by atoms with van der Waals surface area (Å²) in [6, 6.07) is 19.5. The van der Waals surface area contributed by atoms with Crippen LogP contribution in [0.4, 0.5) is 5.88 Å². The molecule has 1 aromatic heterocycles. The van der Waals surface area contributed by atoms with Crippen molar-refractivity contribution in [1.82, 2.24) is 0 Å². The van der Waals surface area contributed by atoms with Gasteiger partial charge in [0.2, 0.25) is 0 Å². The Morgan fingerprint density at radius 3 is 2.17 bits per heavy atom. The minimum atomic E-state index is 0.473. The lowest BCUT2D eigenvalue weighted by molar-refractivity contribution is 0.637. The summed E-state index contributed by atoms with van der Waals surface area (Å²) in [6.45, 7) is 0.640. The molecule has 0 radical (unpaired) electrons. The first-order chi connectivity index (χ1) is 8.79. The molecule has 3 heteroatoms. The quantitative estimate of drug-likeness (QED) is 0.686. The molecule has 0 bridgehead atoms. The standard InChI is InChI=1S/C8H7NO.C7H9N/c9-8-5-6-3-1-2-4-7(6)10-8;8-6-7-4-2-1-3-5-7/h1-5H,9H2;1-5H,6,8H2. The Morgan fingerprint density at radius 1 is 0.889 bits per heavy atom. The molecule has 1 heterocycles. The number of nitrogen functional groups attached to an aromatic ring is 1. The number of anilines is 1. The second-order valence-corrected chi connectivity index (χ2v) is 3.88. The van der Waals surface area contributed by atoms with Crippen molar-refractivity contribution < 1.29 is 4.42 Å². The Labute approximate surface area is 106 Å². The van der Waals surface area contributed by atoms with Gasteiger partial charge < -0.3 is 15.9 Å². The van der Waals surface area contributed by atoms with Crippen molar-refractivity contribution in [3.63, 3.8) is 0 Å². The largest absolute Gasteiger partial charge is 0.441 e. The fraction of sp³-hybridized carbons (Fsp3) is 0.0667. The molecule has 4 N–H and O–H groups in total. The minimum Gasteiger partial charge on any atom is -0.441 e. The third kappa shape index (κ3) is 3.12. The molecule has 3 nitrogen and oxygen atoms in total.